The van der Waals surface area contributed by atoms with E-state index in [0.29, 0.717) is 6.42 Å². The zero-order valence-corrected chi connectivity index (χ0v) is 11.3. The second kappa shape index (κ2) is 6.00. The van der Waals surface area contributed by atoms with Gasteiger partial charge in [-0.2, -0.15) is 0 Å². The SMILES string of the molecule is O=C(CCBr)N1CCN(c2ccccn2)CC1. The molecule has 2 heterocycles. The Hall–Kier alpha value is -1.10. The van der Waals surface area contributed by atoms with E-state index in [0.717, 1.165) is 37.3 Å². The molecule has 1 saturated heterocycles. The van der Waals surface area contributed by atoms with E-state index >= 15 is 0 Å². The van der Waals surface area contributed by atoms with Crippen molar-refractivity contribution in [1.82, 2.24) is 9.88 Å². The van der Waals surface area contributed by atoms with Crippen LogP contribution in [0.15, 0.2) is 24.4 Å². The quantitative estimate of drug-likeness (QED) is 0.794. The van der Waals surface area contributed by atoms with Crippen LogP contribution in [-0.4, -0.2) is 47.3 Å². The van der Waals surface area contributed by atoms with E-state index in [1.54, 1.807) is 6.20 Å². The van der Waals surface area contributed by atoms with Crippen molar-refractivity contribution in [2.75, 3.05) is 36.4 Å². The van der Waals surface area contributed by atoms with Gasteiger partial charge in [0, 0.05) is 44.1 Å². The van der Waals surface area contributed by atoms with Crippen LogP contribution < -0.4 is 4.90 Å². The monoisotopic (exact) mass is 297 g/mol. The summed E-state index contributed by atoms with van der Waals surface area (Å²) in [6, 6.07) is 5.92. The molecule has 17 heavy (non-hydrogen) atoms. The minimum atomic E-state index is 0.238. The van der Waals surface area contributed by atoms with Gasteiger partial charge in [0.15, 0.2) is 0 Å². The van der Waals surface area contributed by atoms with Gasteiger partial charge in [-0.25, -0.2) is 4.98 Å². The molecule has 1 aliphatic rings. The maximum Gasteiger partial charge on any atom is 0.223 e. The number of carbonyl (C=O) groups excluding carboxylic acids is 1. The normalized spacial score (nSPS) is 16.1. The lowest BCUT2D eigenvalue weighted by Gasteiger charge is -2.35. The van der Waals surface area contributed by atoms with Crippen LogP contribution in [0.4, 0.5) is 5.82 Å². The molecule has 0 unspecified atom stereocenters. The first-order valence-electron chi connectivity index (χ1n) is 5.81. The third kappa shape index (κ3) is 3.19. The highest BCUT2D eigenvalue weighted by Gasteiger charge is 2.20. The van der Waals surface area contributed by atoms with Crippen molar-refractivity contribution >= 4 is 27.7 Å². The first-order chi connectivity index (χ1) is 8.31. The summed E-state index contributed by atoms with van der Waals surface area (Å²) in [4.78, 5) is 20.2. The molecule has 1 aliphatic heterocycles. The summed E-state index contributed by atoms with van der Waals surface area (Å²) < 4.78 is 0. The van der Waals surface area contributed by atoms with E-state index in [9.17, 15) is 4.79 Å². The van der Waals surface area contributed by atoms with Crippen LogP contribution in [0.25, 0.3) is 0 Å². The van der Waals surface area contributed by atoms with E-state index in [1.165, 1.54) is 0 Å². The molecule has 2 rings (SSSR count). The Labute approximate surface area is 110 Å². The molecule has 0 aromatic carbocycles. The standard InChI is InChI=1S/C12H16BrN3O/c13-5-4-12(17)16-9-7-15(8-10-16)11-3-1-2-6-14-11/h1-3,6H,4-5,7-10H2. The van der Waals surface area contributed by atoms with Gasteiger partial charge in [0.2, 0.25) is 5.91 Å². The Morgan fingerprint density at radius 3 is 2.65 bits per heavy atom. The van der Waals surface area contributed by atoms with Crippen LogP contribution in [0.5, 0.6) is 0 Å². The van der Waals surface area contributed by atoms with Crippen molar-refractivity contribution in [3.8, 4) is 0 Å². The molecule has 0 bridgehead atoms. The fraction of sp³-hybridized carbons (Fsp3) is 0.500. The summed E-state index contributed by atoms with van der Waals surface area (Å²) in [5, 5.41) is 0.742. The molecular weight excluding hydrogens is 282 g/mol. The van der Waals surface area contributed by atoms with E-state index in [-0.39, 0.29) is 5.91 Å². The maximum atomic E-state index is 11.7. The molecule has 1 fully saturated rings. The Morgan fingerprint density at radius 2 is 2.06 bits per heavy atom. The molecule has 5 heteroatoms. The number of aromatic nitrogens is 1. The third-order valence-electron chi connectivity index (χ3n) is 2.91. The Balaban J connectivity index is 1.88. The molecule has 1 aromatic heterocycles. The van der Waals surface area contributed by atoms with Crippen molar-refractivity contribution in [2.45, 2.75) is 6.42 Å². The molecule has 0 N–H and O–H groups in total. The molecule has 4 nitrogen and oxygen atoms in total. The fourth-order valence-corrected chi connectivity index (χ4v) is 2.30. The number of hydrogen-bond acceptors (Lipinski definition) is 3. The lowest BCUT2D eigenvalue weighted by atomic mass is 10.3. The minimum absolute atomic E-state index is 0.238. The Kier molecular flexibility index (Phi) is 4.36. The van der Waals surface area contributed by atoms with Gasteiger partial charge in [-0.3, -0.25) is 4.79 Å². The molecule has 0 atom stereocenters. The molecule has 0 aliphatic carbocycles. The van der Waals surface area contributed by atoms with Crippen LogP contribution >= 0.6 is 15.9 Å². The van der Waals surface area contributed by atoms with Gasteiger partial charge in [0.25, 0.3) is 0 Å². The predicted molar refractivity (Wildman–Crippen MR) is 71.4 cm³/mol. The average Bonchev–Trinajstić information content (AvgIpc) is 2.40. The van der Waals surface area contributed by atoms with Crippen molar-refractivity contribution in [3.63, 3.8) is 0 Å². The Bertz CT molecular complexity index is 363. The third-order valence-corrected chi connectivity index (χ3v) is 3.31. The van der Waals surface area contributed by atoms with Crippen molar-refractivity contribution in [1.29, 1.82) is 0 Å². The summed E-state index contributed by atoms with van der Waals surface area (Å²) in [5.74, 6) is 1.24. The number of carbonyl (C=O) groups is 1. The van der Waals surface area contributed by atoms with Gasteiger partial charge in [0.05, 0.1) is 0 Å². The first kappa shape index (κ1) is 12.4. The summed E-state index contributed by atoms with van der Waals surface area (Å²) in [5.41, 5.74) is 0. The highest BCUT2D eigenvalue weighted by Crippen LogP contribution is 2.13. The number of halogens is 1. The van der Waals surface area contributed by atoms with E-state index < -0.39 is 0 Å². The number of pyridine rings is 1. The molecule has 1 aromatic rings. The van der Waals surface area contributed by atoms with Crippen molar-refractivity contribution < 1.29 is 4.79 Å². The number of nitrogens with zero attached hydrogens (tertiary/aromatic N) is 3. The number of piperazine rings is 1. The molecule has 0 saturated carbocycles. The number of hydrogen-bond donors (Lipinski definition) is 0. The van der Waals surface area contributed by atoms with Gasteiger partial charge in [-0.1, -0.05) is 22.0 Å². The van der Waals surface area contributed by atoms with Crippen molar-refractivity contribution in [3.05, 3.63) is 24.4 Å². The van der Waals surface area contributed by atoms with E-state index in [4.69, 9.17) is 0 Å². The number of alkyl halides is 1. The molecule has 0 spiro atoms. The molecule has 92 valence electrons. The maximum absolute atomic E-state index is 11.7. The minimum Gasteiger partial charge on any atom is -0.353 e. The van der Waals surface area contributed by atoms with Crippen LogP contribution in [0, 0.1) is 0 Å². The number of anilines is 1. The lowest BCUT2D eigenvalue weighted by molar-refractivity contribution is -0.131. The summed E-state index contributed by atoms with van der Waals surface area (Å²) >= 11 is 3.30. The van der Waals surface area contributed by atoms with Gasteiger partial charge in [-0.05, 0) is 12.1 Å². The smallest absolute Gasteiger partial charge is 0.223 e. The van der Waals surface area contributed by atoms with Gasteiger partial charge in [-0.15, -0.1) is 0 Å². The average molecular weight is 298 g/mol. The second-order valence-corrected chi connectivity index (χ2v) is 4.79. The highest BCUT2D eigenvalue weighted by atomic mass is 79.9. The van der Waals surface area contributed by atoms with Gasteiger partial charge in [0.1, 0.15) is 5.82 Å². The fourth-order valence-electron chi connectivity index (χ4n) is 1.96. The molecular formula is C12H16BrN3O. The summed E-state index contributed by atoms with van der Waals surface area (Å²) in [6.07, 6.45) is 2.39. The zero-order chi connectivity index (χ0) is 12.1. The molecule has 1 amide bonds. The summed E-state index contributed by atoms with van der Waals surface area (Å²) in [7, 11) is 0. The first-order valence-corrected chi connectivity index (χ1v) is 6.93. The molecule has 0 radical (unpaired) electrons. The van der Waals surface area contributed by atoms with E-state index in [2.05, 4.69) is 25.8 Å². The van der Waals surface area contributed by atoms with Crippen LogP contribution in [0.2, 0.25) is 0 Å². The van der Waals surface area contributed by atoms with Gasteiger partial charge < -0.3 is 9.80 Å². The number of rotatable bonds is 3. The van der Waals surface area contributed by atoms with Gasteiger partial charge >= 0.3 is 0 Å². The Morgan fingerprint density at radius 1 is 1.29 bits per heavy atom. The van der Waals surface area contributed by atoms with Crippen LogP contribution in [0.1, 0.15) is 6.42 Å². The predicted octanol–water partition coefficient (Wildman–Crippen LogP) is 1.52. The zero-order valence-electron chi connectivity index (χ0n) is 9.68. The lowest BCUT2D eigenvalue weighted by Crippen LogP contribution is -2.49. The number of amides is 1. The topological polar surface area (TPSA) is 36.4 Å². The second-order valence-electron chi connectivity index (χ2n) is 3.99. The van der Waals surface area contributed by atoms with E-state index in [1.807, 2.05) is 23.1 Å². The highest BCUT2D eigenvalue weighted by molar-refractivity contribution is 9.09. The largest absolute Gasteiger partial charge is 0.353 e. The van der Waals surface area contributed by atoms with Crippen LogP contribution in [-0.2, 0) is 4.79 Å². The summed E-state index contributed by atoms with van der Waals surface area (Å²) in [6.45, 7) is 3.32. The van der Waals surface area contributed by atoms with Crippen molar-refractivity contribution in [2.24, 2.45) is 0 Å². The van der Waals surface area contributed by atoms with Crippen LogP contribution in [0.3, 0.4) is 0 Å².